The van der Waals surface area contributed by atoms with Crippen LogP contribution >= 0.6 is 0 Å². The zero-order chi connectivity index (χ0) is 22.3. The average molecular weight is 435 g/mol. The maximum Gasteiger partial charge on any atom is 0.192 e. The lowest BCUT2D eigenvalue weighted by Gasteiger charge is -2.42. The monoisotopic (exact) mass is 434 g/mol. The van der Waals surface area contributed by atoms with E-state index in [0.29, 0.717) is 6.61 Å². The molecule has 1 unspecified atom stereocenters. The van der Waals surface area contributed by atoms with Crippen LogP contribution in [0, 0.1) is 11.8 Å². The zero-order valence-electron chi connectivity index (χ0n) is 20.3. The predicted molar refractivity (Wildman–Crippen MR) is 124 cm³/mol. The van der Waals surface area contributed by atoms with Gasteiger partial charge < -0.3 is 13.9 Å². The molecule has 170 valence electrons. The molecule has 4 nitrogen and oxygen atoms in total. The summed E-state index contributed by atoms with van der Waals surface area (Å²) in [4.78, 5) is 12.7. The van der Waals surface area contributed by atoms with Gasteiger partial charge >= 0.3 is 0 Å². The molecule has 1 saturated heterocycles. The lowest BCUT2D eigenvalue weighted by Crippen LogP contribution is -2.49. The highest BCUT2D eigenvalue weighted by atomic mass is 28.4. The molecule has 30 heavy (non-hydrogen) atoms. The Bertz CT molecular complexity index is 715. The van der Waals surface area contributed by atoms with Gasteiger partial charge in [0.2, 0.25) is 0 Å². The molecule has 0 aromatic carbocycles. The number of ether oxygens (including phenoxy) is 2. The molecule has 0 saturated carbocycles. The molecular formula is C25H42O4Si. The minimum absolute atomic E-state index is 0.00330. The van der Waals surface area contributed by atoms with Gasteiger partial charge in [0.05, 0.1) is 30.7 Å². The second-order valence-electron chi connectivity index (χ2n) is 10.9. The summed E-state index contributed by atoms with van der Waals surface area (Å²) < 4.78 is 19.9. The number of carbonyl (C=O) groups is 1. The number of Topliss-reactive ketones (excluding diaryl/α,β-unsaturated/α-hetero) is 1. The van der Waals surface area contributed by atoms with Crippen LogP contribution in [0.4, 0.5) is 0 Å². The van der Waals surface area contributed by atoms with Crippen LogP contribution in [-0.4, -0.2) is 39.0 Å². The van der Waals surface area contributed by atoms with Gasteiger partial charge in [0.1, 0.15) is 5.78 Å². The van der Waals surface area contributed by atoms with Crippen molar-refractivity contribution in [3.8, 4) is 0 Å². The van der Waals surface area contributed by atoms with Crippen LogP contribution in [0.2, 0.25) is 18.1 Å². The lowest BCUT2D eigenvalue weighted by atomic mass is 9.71. The number of fused-ring (bicyclic) bond motifs is 5. The van der Waals surface area contributed by atoms with Crippen LogP contribution in [-0.2, 0) is 18.7 Å². The van der Waals surface area contributed by atoms with Gasteiger partial charge in [-0.05, 0) is 64.6 Å². The molecular weight excluding hydrogens is 392 g/mol. The maximum atomic E-state index is 12.7. The van der Waals surface area contributed by atoms with Crippen LogP contribution in [0.25, 0.3) is 0 Å². The van der Waals surface area contributed by atoms with Crippen LogP contribution in [0.1, 0.15) is 73.6 Å². The third-order valence-electron chi connectivity index (χ3n) is 7.73. The number of hydrogen-bond donors (Lipinski definition) is 0. The Balaban J connectivity index is 2.06. The summed E-state index contributed by atoms with van der Waals surface area (Å²) in [5.41, 5.74) is 2.62. The molecule has 1 aliphatic carbocycles. The second kappa shape index (κ2) is 8.91. The fraction of sp³-hybridized carbons (Fsp3) is 0.800. The molecule has 2 bridgehead atoms. The molecule has 5 heteroatoms. The molecule has 0 amide bonds. The van der Waals surface area contributed by atoms with Crippen molar-refractivity contribution in [3.63, 3.8) is 0 Å². The maximum absolute atomic E-state index is 12.7. The SMILES string of the molecule is CCOC1=C2[C@H]3C/C(C)=C\CC[C@H](O[Si](C)(C)C(C)(C)C)[C@H](O3)[C@@H]2C(C(C)=O)CC1. The summed E-state index contributed by atoms with van der Waals surface area (Å²) >= 11 is 0. The molecule has 5 atom stereocenters. The van der Waals surface area contributed by atoms with Crippen molar-refractivity contribution in [2.24, 2.45) is 11.8 Å². The molecule has 1 fully saturated rings. The minimum Gasteiger partial charge on any atom is -0.498 e. The summed E-state index contributed by atoms with van der Waals surface area (Å²) in [5, 5.41) is 0.136. The largest absolute Gasteiger partial charge is 0.498 e. The van der Waals surface area contributed by atoms with E-state index < -0.39 is 8.32 Å². The Labute approximate surface area is 184 Å². The van der Waals surface area contributed by atoms with Crippen molar-refractivity contribution in [1.82, 2.24) is 0 Å². The van der Waals surface area contributed by atoms with Crippen LogP contribution in [0.15, 0.2) is 23.0 Å². The van der Waals surface area contributed by atoms with Crippen LogP contribution in [0.5, 0.6) is 0 Å². The second-order valence-corrected chi connectivity index (χ2v) is 15.7. The molecule has 3 aliphatic rings. The molecule has 3 rings (SSSR count). The van der Waals surface area contributed by atoms with Gasteiger partial charge in [0, 0.05) is 23.8 Å². The van der Waals surface area contributed by atoms with Crippen molar-refractivity contribution >= 4 is 14.1 Å². The van der Waals surface area contributed by atoms with Gasteiger partial charge in [0.25, 0.3) is 0 Å². The predicted octanol–water partition coefficient (Wildman–Crippen LogP) is 6.18. The van der Waals surface area contributed by atoms with Crippen molar-refractivity contribution in [3.05, 3.63) is 23.0 Å². The number of allylic oxidation sites excluding steroid dienone is 2. The third kappa shape index (κ3) is 4.63. The average Bonchev–Trinajstić information content (AvgIpc) is 3.01. The van der Waals surface area contributed by atoms with E-state index in [9.17, 15) is 4.79 Å². The van der Waals surface area contributed by atoms with E-state index in [2.05, 4.69) is 46.9 Å². The third-order valence-corrected chi connectivity index (χ3v) is 12.2. The van der Waals surface area contributed by atoms with Gasteiger partial charge in [-0.2, -0.15) is 0 Å². The smallest absolute Gasteiger partial charge is 0.192 e. The van der Waals surface area contributed by atoms with Crippen molar-refractivity contribution in [1.29, 1.82) is 0 Å². The normalized spacial score (nSPS) is 34.4. The molecule has 0 radical (unpaired) electrons. The van der Waals surface area contributed by atoms with E-state index in [1.807, 2.05) is 6.92 Å². The molecule has 0 aromatic rings. The molecule has 0 N–H and O–H groups in total. The summed E-state index contributed by atoms with van der Waals surface area (Å²) in [7, 11) is -1.97. The van der Waals surface area contributed by atoms with E-state index >= 15 is 0 Å². The topological polar surface area (TPSA) is 44.8 Å². The molecule has 2 aliphatic heterocycles. The first-order chi connectivity index (χ1) is 14.0. The van der Waals surface area contributed by atoms with Gasteiger partial charge in [-0.3, -0.25) is 4.79 Å². The Morgan fingerprint density at radius 2 is 1.97 bits per heavy atom. The van der Waals surface area contributed by atoms with E-state index in [4.69, 9.17) is 13.9 Å². The Kier molecular flexibility index (Phi) is 7.05. The fourth-order valence-corrected chi connectivity index (χ4v) is 6.50. The van der Waals surface area contributed by atoms with Gasteiger partial charge in [-0.1, -0.05) is 32.4 Å². The number of ketones is 1. The first-order valence-corrected chi connectivity index (χ1v) is 14.7. The first kappa shape index (κ1) is 23.7. The van der Waals surface area contributed by atoms with E-state index in [1.165, 1.54) is 11.1 Å². The number of rotatable bonds is 5. The van der Waals surface area contributed by atoms with Gasteiger partial charge in [-0.25, -0.2) is 0 Å². The minimum atomic E-state index is -1.97. The molecule has 2 heterocycles. The first-order valence-electron chi connectivity index (χ1n) is 11.8. The van der Waals surface area contributed by atoms with Crippen LogP contribution < -0.4 is 0 Å². The van der Waals surface area contributed by atoms with Crippen molar-refractivity contribution in [2.45, 2.75) is 110 Å². The van der Waals surface area contributed by atoms with E-state index in [-0.39, 0.29) is 41.0 Å². The highest BCUT2D eigenvalue weighted by Gasteiger charge is 2.53. The highest BCUT2D eigenvalue weighted by molar-refractivity contribution is 6.74. The number of hydrogen-bond acceptors (Lipinski definition) is 4. The quantitative estimate of drug-likeness (QED) is 0.383. The van der Waals surface area contributed by atoms with E-state index in [0.717, 1.165) is 37.9 Å². The Morgan fingerprint density at radius 3 is 2.57 bits per heavy atom. The van der Waals surface area contributed by atoms with Crippen molar-refractivity contribution in [2.75, 3.05) is 6.61 Å². The lowest BCUT2D eigenvalue weighted by molar-refractivity contribution is -0.124. The summed E-state index contributed by atoms with van der Waals surface area (Å²) in [6.07, 6.45) is 6.84. The standard InChI is InChI=1S/C25H42O4Si/c1-9-27-19-14-13-18(17(3)26)22-23(19)21-15-16(2)11-10-12-20(24(22)28-21)29-30(7,8)25(4,5)6/h11,18,20-22,24H,9-10,12-15H2,1-8H3/b16-11-/t18?,20-,21+,22+,24-/m0/s1. The summed E-state index contributed by atoms with van der Waals surface area (Å²) in [6, 6.07) is 0. The molecule has 0 spiro atoms. The van der Waals surface area contributed by atoms with Crippen LogP contribution in [0.3, 0.4) is 0 Å². The summed E-state index contributed by atoms with van der Waals surface area (Å²) in [5.74, 6) is 1.45. The number of carbonyl (C=O) groups excluding carboxylic acids is 1. The van der Waals surface area contributed by atoms with E-state index in [1.54, 1.807) is 6.92 Å². The summed E-state index contributed by atoms with van der Waals surface area (Å²) in [6.45, 7) is 18.1. The Hall–Kier alpha value is -0.913. The zero-order valence-corrected chi connectivity index (χ0v) is 21.3. The van der Waals surface area contributed by atoms with Gasteiger partial charge in [0.15, 0.2) is 8.32 Å². The fourth-order valence-electron chi connectivity index (χ4n) is 5.14. The van der Waals surface area contributed by atoms with Crippen molar-refractivity contribution < 1.29 is 18.7 Å². The highest BCUT2D eigenvalue weighted by Crippen LogP contribution is 2.50. The van der Waals surface area contributed by atoms with Gasteiger partial charge in [-0.15, -0.1) is 0 Å². The molecule has 0 aromatic heterocycles. The Morgan fingerprint density at radius 1 is 1.27 bits per heavy atom.